The summed E-state index contributed by atoms with van der Waals surface area (Å²) < 4.78 is 0. The number of carbonyl (C=O) groups is 1. The predicted molar refractivity (Wildman–Crippen MR) is 116 cm³/mol. The highest BCUT2D eigenvalue weighted by molar-refractivity contribution is 6.07. The second-order valence-corrected chi connectivity index (χ2v) is 8.63. The fourth-order valence-corrected chi connectivity index (χ4v) is 6.22. The number of hydrogen-bond donors (Lipinski definition) is 0. The molecule has 142 valence electrons. The molecule has 6 rings (SSSR count). The summed E-state index contributed by atoms with van der Waals surface area (Å²) in [6.45, 7) is 5.23. The third kappa shape index (κ3) is 1.94. The molecule has 1 spiro atoms. The normalized spacial score (nSPS) is 25.7. The van der Waals surface area contributed by atoms with E-state index in [2.05, 4.69) is 61.2 Å². The van der Waals surface area contributed by atoms with E-state index in [-0.39, 0.29) is 22.7 Å². The van der Waals surface area contributed by atoms with Crippen LogP contribution in [0.15, 0.2) is 97.1 Å². The van der Waals surface area contributed by atoms with Gasteiger partial charge in [0.2, 0.25) is 0 Å². The molecule has 2 aliphatic carbocycles. The van der Waals surface area contributed by atoms with Gasteiger partial charge in [0.05, 0.1) is 0 Å². The number of rotatable bonds is 2. The molecule has 29 heavy (non-hydrogen) atoms. The van der Waals surface area contributed by atoms with Gasteiger partial charge >= 0.3 is 0 Å². The Morgan fingerprint density at radius 2 is 1.48 bits per heavy atom. The molecule has 3 aliphatic rings. The molecule has 2 saturated carbocycles. The quantitative estimate of drug-likeness (QED) is 0.532. The highest BCUT2D eigenvalue weighted by atomic mass is 16.2. The maximum Gasteiger partial charge on any atom is 0.258 e. The molecular formula is C27H23NO. The number of para-hydroxylation sites is 1. The second kappa shape index (κ2) is 5.70. The second-order valence-electron chi connectivity index (χ2n) is 8.63. The fourth-order valence-electron chi connectivity index (χ4n) is 6.22. The van der Waals surface area contributed by atoms with Crippen molar-refractivity contribution in [1.29, 1.82) is 0 Å². The number of benzene rings is 3. The Hall–Kier alpha value is -3.13. The minimum absolute atomic E-state index is 0.0601. The molecule has 0 aromatic heterocycles. The summed E-state index contributed by atoms with van der Waals surface area (Å²) >= 11 is 0. The van der Waals surface area contributed by atoms with Gasteiger partial charge < -0.3 is 4.90 Å². The summed E-state index contributed by atoms with van der Waals surface area (Å²) in [7, 11) is 0. The van der Waals surface area contributed by atoms with E-state index >= 15 is 0 Å². The highest BCUT2D eigenvalue weighted by Gasteiger charge is 2.76. The van der Waals surface area contributed by atoms with E-state index in [1.54, 1.807) is 0 Å². The molecule has 0 radical (unpaired) electrons. The largest absolute Gasteiger partial charge is 0.307 e. The van der Waals surface area contributed by atoms with E-state index in [0.29, 0.717) is 6.54 Å². The molecule has 1 amide bonds. The van der Waals surface area contributed by atoms with Gasteiger partial charge in [-0.05, 0) is 42.2 Å². The number of carbonyl (C=O) groups excluding carboxylic acids is 1. The zero-order valence-electron chi connectivity index (χ0n) is 16.3. The van der Waals surface area contributed by atoms with Crippen LogP contribution in [0, 0.1) is 11.3 Å². The molecule has 0 saturated heterocycles. The van der Waals surface area contributed by atoms with E-state index in [1.807, 2.05) is 35.2 Å². The first-order valence-electron chi connectivity index (χ1n) is 10.4. The van der Waals surface area contributed by atoms with Crippen molar-refractivity contribution in [3.05, 3.63) is 114 Å². The van der Waals surface area contributed by atoms with E-state index in [1.165, 1.54) is 29.5 Å². The number of fused-ring (bicyclic) bond motifs is 4. The third-order valence-electron chi connectivity index (χ3n) is 7.54. The first-order valence-corrected chi connectivity index (χ1v) is 10.4. The van der Waals surface area contributed by atoms with Crippen LogP contribution < -0.4 is 4.90 Å². The van der Waals surface area contributed by atoms with E-state index in [9.17, 15) is 4.79 Å². The summed E-state index contributed by atoms with van der Waals surface area (Å²) in [5.74, 6) is 0.333. The number of nitrogens with zero attached hydrogens (tertiary/aromatic N) is 1. The first kappa shape index (κ1) is 16.8. The summed E-state index contributed by atoms with van der Waals surface area (Å²) in [6, 6.07) is 29.1. The summed E-state index contributed by atoms with van der Waals surface area (Å²) in [6.07, 6.45) is 2.39. The SMILES string of the molecule is C=C1[C@@H]2CN(C(=O)c3ccccc3)c3ccccc3[C@]2(c2ccccc2)C12CC2. The average molecular weight is 377 g/mol. The van der Waals surface area contributed by atoms with E-state index in [4.69, 9.17) is 0 Å². The van der Waals surface area contributed by atoms with Crippen LogP contribution in [-0.2, 0) is 5.41 Å². The van der Waals surface area contributed by atoms with Gasteiger partial charge in [0.25, 0.3) is 5.91 Å². The van der Waals surface area contributed by atoms with E-state index in [0.717, 1.165) is 11.3 Å². The van der Waals surface area contributed by atoms with E-state index < -0.39 is 0 Å². The Labute approximate surface area is 171 Å². The number of anilines is 1. The van der Waals surface area contributed by atoms with Crippen LogP contribution in [0.25, 0.3) is 0 Å². The molecule has 3 aromatic carbocycles. The van der Waals surface area contributed by atoms with Crippen molar-refractivity contribution in [1.82, 2.24) is 0 Å². The summed E-state index contributed by atoms with van der Waals surface area (Å²) in [5.41, 5.74) is 5.89. The van der Waals surface area contributed by atoms with Crippen LogP contribution in [0.5, 0.6) is 0 Å². The predicted octanol–water partition coefficient (Wildman–Crippen LogP) is 5.60. The Morgan fingerprint density at radius 1 is 0.862 bits per heavy atom. The highest BCUT2D eigenvalue weighted by Crippen LogP contribution is 2.80. The minimum atomic E-state index is -0.0601. The zero-order valence-corrected chi connectivity index (χ0v) is 16.3. The summed E-state index contributed by atoms with van der Waals surface area (Å²) in [5, 5.41) is 0. The van der Waals surface area contributed by atoms with Gasteiger partial charge in [-0.25, -0.2) is 0 Å². The van der Waals surface area contributed by atoms with Gasteiger partial charge in [-0.15, -0.1) is 0 Å². The maximum atomic E-state index is 13.5. The van der Waals surface area contributed by atoms with Gasteiger partial charge in [0, 0.05) is 34.5 Å². The lowest BCUT2D eigenvalue weighted by Crippen LogP contribution is -2.64. The fraction of sp³-hybridized carbons (Fsp3) is 0.222. The van der Waals surface area contributed by atoms with Crippen molar-refractivity contribution >= 4 is 11.6 Å². The van der Waals surface area contributed by atoms with Crippen molar-refractivity contribution in [3.8, 4) is 0 Å². The number of amides is 1. The van der Waals surface area contributed by atoms with Crippen LogP contribution in [0.1, 0.15) is 34.3 Å². The smallest absolute Gasteiger partial charge is 0.258 e. The molecule has 0 unspecified atom stereocenters. The summed E-state index contributed by atoms with van der Waals surface area (Å²) in [4.78, 5) is 15.4. The molecule has 2 nitrogen and oxygen atoms in total. The molecule has 3 aromatic rings. The van der Waals surface area contributed by atoms with Gasteiger partial charge in [-0.2, -0.15) is 0 Å². The minimum Gasteiger partial charge on any atom is -0.307 e. The van der Waals surface area contributed by atoms with Crippen LogP contribution in [0.4, 0.5) is 5.69 Å². The average Bonchev–Trinajstić information content (AvgIpc) is 3.62. The van der Waals surface area contributed by atoms with Crippen LogP contribution in [0.3, 0.4) is 0 Å². The monoisotopic (exact) mass is 377 g/mol. The number of hydrogen-bond acceptors (Lipinski definition) is 1. The molecule has 1 aliphatic heterocycles. The first-order chi connectivity index (χ1) is 14.2. The lowest BCUT2D eigenvalue weighted by atomic mass is 9.41. The van der Waals surface area contributed by atoms with Crippen molar-refractivity contribution in [2.75, 3.05) is 11.4 Å². The van der Waals surface area contributed by atoms with Crippen molar-refractivity contribution < 1.29 is 4.79 Å². The zero-order chi connectivity index (χ0) is 19.6. The van der Waals surface area contributed by atoms with Crippen LogP contribution in [-0.4, -0.2) is 12.5 Å². The molecule has 2 atom stereocenters. The van der Waals surface area contributed by atoms with Crippen LogP contribution >= 0.6 is 0 Å². The van der Waals surface area contributed by atoms with Gasteiger partial charge in [-0.3, -0.25) is 4.79 Å². The Bertz CT molecular complexity index is 1130. The van der Waals surface area contributed by atoms with Gasteiger partial charge in [0.1, 0.15) is 0 Å². The molecular weight excluding hydrogens is 354 g/mol. The molecule has 2 heteroatoms. The Balaban J connectivity index is 1.57. The Morgan fingerprint density at radius 3 is 2.17 bits per heavy atom. The molecule has 0 bridgehead atoms. The lowest BCUT2D eigenvalue weighted by Gasteiger charge is -2.64. The lowest BCUT2D eigenvalue weighted by molar-refractivity contribution is 0.0920. The van der Waals surface area contributed by atoms with Crippen molar-refractivity contribution in [2.24, 2.45) is 11.3 Å². The van der Waals surface area contributed by atoms with Gasteiger partial charge in [-0.1, -0.05) is 78.9 Å². The van der Waals surface area contributed by atoms with Crippen LogP contribution in [0.2, 0.25) is 0 Å². The third-order valence-corrected chi connectivity index (χ3v) is 7.54. The molecule has 2 fully saturated rings. The molecule has 1 heterocycles. The molecule has 0 N–H and O–H groups in total. The Kier molecular flexibility index (Phi) is 3.30. The van der Waals surface area contributed by atoms with Crippen molar-refractivity contribution in [2.45, 2.75) is 18.3 Å². The van der Waals surface area contributed by atoms with Gasteiger partial charge in [0.15, 0.2) is 0 Å². The maximum absolute atomic E-state index is 13.5. The topological polar surface area (TPSA) is 20.3 Å². The van der Waals surface area contributed by atoms with Crippen molar-refractivity contribution in [3.63, 3.8) is 0 Å². The standard InChI is InChI=1S/C27H23NO/c1-19-23-18-28(25(29)20-10-4-2-5-11-20)24-15-9-8-14-22(24)27(23,26(19)16-17-26)21-12-6-3-7-13-21/h2-15,23H,1,16-18H2/t23-,27-/m0/s1.